The molecule has 1 aliphatic heterocycles. The van der Waals surface area contributed by atoms with Crippen LogP contribution in [0.2, 0.25) is 0 Å². The lowest BCUT2D eigenvalue weighted by Crippen LogP contribution is -2.38. The smallest absolute Gasteiger partial charge is 0.224 e. The zero-order valence-corrected chi connectivity index (χ0v) is 14.3. The van der Waals surface area contributed by atoms with E-state index in [0.29, 0.717) is 6.61 Å². The minimum atomic E-state index is -0.108. The molecule has 2 aromatic rings. The van der Waals surface area contributed by atoms with Crippen molar-refractivity contribution in [2.75, 3.05) is 6.61 Å². The summed E-state index contributed by atoms with van der Waals surface area (Å²) in [6, 6.07) is 3.83. The highest BCUT2D eigenvalue weighted by Crippen LogP contribution is 2.48. The number of ether oxygens (including phenoxy) is 1. The predicted molar refractivity (Wildman–Crippen MR) is 87.5 cm³/mol. The van der Waals surface area contributed by atoms with Crippen LogP contribution in [0.1, 0.15) is 47.6 Å². The third-order valence-corrected chi connectivity index (χ3v) is 5.30. The van der Waals surface area contributed by atoms with Crippen molar-refractivity contribution in [3.8, 4) is 0 Å². The molecule has 1 N–H and O–H groups in total. The van der Waals surface area contributed by atoms with Gasteiger partial charge in [-0.2, -0.15) is 5.10 Å². The zero-order valence-electron chi connectivity index (χ0n) is 14.3. The topological polar surface area (TPSA) is 69.3 Å². The first-order valence-electron chi connectivity index (χ1n) is 8.51. The quantitative estimate of drug-likeness (QED) is 0.935. The van der Waals surface area contributed by atoms with Gasteiger partial charge in [-0.15, -0.1) is 0 Å². The van der Waals surface area contributed by atoms with Gasteiger partial charge in [0.1, 0.15) is 11.9 Å². The van der Waals surface area contributed by atoms with Gasteiger partial charge in [0.05, 0.1) is 18.0 Å². The number of hydrogen-bond donors (Lipinski definition) is 1. The van der Waals surface area contributed by atoms with Crippen molar-refractivity contribution in [2.24, 2.45) is 13.0 Å². The lowest BCUT2D eigenvalue weighted by molar-refractivity contribution is -0.123. The Morgan fingerprint density at radius 1 is 1.42 bits per heavy atom. The molecular formula is C18H23N3O3. The summed E-state index contributed by atoms with van der Waals surface area (Å²) in [6.45, 7) is 4.70. The summed E-state index contributed by atoms with van der Waals surface area (Å²) < 4.78 is 13.2. The molecule has 3 heterocycles. The van der Waals surface area contributed by atoms with E-state index in [1.54, 1.807) is 6.26 Å². The van der Waals surface area contributed by atoms with Crippen LogP contribution in [0, 0.1) is 19.8 Å². The molecule has 0 unspecified atom stereocenters. The molecule has 1 saturated carbocycles. The first-order valence-corrected chi connectivity index (χ1v) is 8.51. The number of aromatic nitrogens is 2. The lowest BCUT2D eigenvalue weighted by Gasteiger charge is -2.20. The van der Waals surface area contributed by atoms with Crippen molar-refractivity contribution in [2.45, 2.75) is 44.8 Å². The fourth-order valence-corrected chi connectivity index (χ4v) is 3.81. The fraction of sp³-hybridized carbons (Fsp3) is 0.556. The lowest BCUT2D eigenvalue weighted by atomic mass is 10.00. The molecular weight excluding hydrogens is 306 g/mol. The standard InChI is InChI=1S/C18H23N3O3/c1-10-16(11(2)21(3)20-10)17-14(6-8-24-17)19-18(22)13-9-12(13)15-5-4-7-23-15/h4-5,7,12-14,17H,6,8-9H2,1-3H3,(H,19,22)/t12-,13-,14-,17-/m0/s1. The van der Waals surface area contributed by atoms with Gasteiger partial charge in [0.25, 0.3) is 0 Å². The van der Waals surface area contributed by atoms with Crippen molar-refractivity contribution >= 4 is 5.91 Å². The molecule has 2 fully saturated rings. The van der Waals surface area contributed by atoms with Crippen molar-refractivity contribution in [3.05, 3.63) is 41.1 Å². The van der Waals surface area contributed by atoms with Crippen LogP contribution < -0.4 is 5.32 Å². The fourth-order valence-electron chi connectivity index (χ4n) is 3.81. The van der Waals surface area contributed by atoms with Gasteiger partial charge in [0, 0.05) is 36.7 Å². The molecule has 128 valence electrons. The molecule has 2 aliphatic rings. The van der Waals surface area contributed by atoms with Crippen molar-refractivity contribution in [1.82, 2.24) is 15.1 Å². The summed E-state index contributed by atoms with van der Waals surface area (Å²) in [5.41, 5.74) is 3.18. The van der Waals surface area contributed by atoms with Gasteiger partial charge >= 0.3 is 0 Å². The Hall–Kier alpha value is -2.08. The second-order valence-electron chi connectivity index (χ2n) is 6.87. The van der Waals surface area contributed by atoms with Gasteiger partial charge in [-0.3, -0.25) is 9.48 Å². The molecule has 0 bridgehead atoms. The van der Waals surface area contributed by atoms with Gasteiger partial charge in [0.2, 0.25) is 5.91 Å². The SMILES string of the molecule is Cc1nn(C)c(C)c1[C@H]1OCC[C@@H]1NC(=O)[C@H]1C[C@@H]1c1ccco1. The Labute approximate surface area is 141 Å². The van der Waals surface area contributed by atoms with Crippen LogP contribution in [0.5, 0.6) is 0 Å². The second-order valence-corrected chi connectivity index (χ2v) is 6.87. The van der Waals surface area contributed by atoms with Crippen LogP contribution >= 0.6 is 0 Å². The number of nitrogens with one attached hydrogen (secondary N) is 1. The maximum atomic E-state index is 12.6. The van der Waals surface area contributed by atoms with E-state index in [0.717, 1.165) is 35.6 Å². The second kappa shape index (κ2) is 5.77. The Balaban J connectivity index is 1.45. The maximum absolute atomic E-state index is 12.6. The molecule has 0 spiro atoms. The van der Waals surface area contributed by atoms with Crippen molar-refractivity contribution in [3.63, 3.8) is 0 Å². The Bertz CT molecular complexity index is 750. The van der Waals surface area contributed by atoms with Crippen LogP contribution in [0.25, 0.3) is 0 Å². The third-order valence-electron chi connectivity index (χ3n) is 5.30. The van der Waals surface area contributed by atoms with E-state index in [1.807, 2.05) is 37.7 Å². The molecule has 1 aliphatic carbocycles. The molecule has 0 radical (unpaired) electrons. The van der Waals surface area contributed by atoms with Crippen molar-refractivity contribution < 1.29 is 13.9 Å². The molecule has 1 saturated heterocycles. The van der Waals surface area contributed by atoms with Crippen LogP contribution in [0.4, 0.5) is 0 Å². The Kier molecular flexibility index (Phi) is 3.72. The van der Waals surface area contributed by atoms with Crippen LogP contribution in [-0.2, 0) is 16.6 Å². The summed E-state index contributed by atoms with van der Waals surface area (Å²) >= 11 is 0. The Morgan fingerprint density at radius 3 is 2.92 bits per heavy atom. The van der Waals surface area contributed by atoms with Gasteiger partial charge < -0.3 is 14.5 Å². The Morgan fingerprint density at radius 2 is 2.25 bits per heavy atom. The highest BCUT2D eigenvalue weighted by molar-refractivity contribution is 5.83. The maximum Gasteiger partial charge on any atom is 0.224 e. The number of rotatable bonds is 4. The van der Waals surface area contributed by atoms with Gasteiger partial charge in [0.15, 0.2) is 0 Å². The molecule has 4 atom stereocenters. The van der Waals surface area contributed by atoms with E-state index in [-0.39, 0.29) is 29.9 Å². The molecule has 2 aromatic heterocycles. The molecule has 4 rings (SSSR count). The number of aryl methyl sites for hydroxylation is 2. The number of carbonyl (C=O) groups is 1. The van der Waals surface area contributed by atoms with Gasteiger partial charge in [-0.05, 0) is 38.8 Å². The van der Waals surface area contributed by atoms with E-state index in [9.17, 15) is 4.79 Å². The minimum absolute atomic E-state index is 0.0111. The van der Waals surface area contributed by atoms with Crippen molar-refractivity contribution in [1.29, 1.82) is 0 Å². The first kappa shape index (κ1) is 15.4. The number of nitrogens with zero attached hydrogens (tertiary/aromatic N) is 2. The minimum Gasteiger partial charge on any atom is -0.469 e. The van der Waals surface area contributed by atoms with Crippen LogP contribution in [0.15, 0.2) is 22.8 Å². The third kappa shape index (κ3) is 2.55. The highest BCUT2D eigenvalue weighted by atomic mass is 16.5. The van der Waals surface area contributed by atoms with E-state index in [2.05, 4.69) is 10.4 Å². The normalized spacial score (nSPS) is 29.0. The summed E-state index contributed by atoms with van der Waals surface area (Å²) in [7, 11) is 1.94. The molecule has 24 heavy (non-hydrogen) atoms. The molecule has 6 nitrogen and oxygen atoms in total. The average molecular weight is 329 g/mol. The van der Waals surface area contributed by atoms with E-state index >= 15 is 0 Å². The number of furan rings is 1. The van der Waals surface area contributed by atoms with Crippen LogP contribution in [0.3, 0.4) is 0 Å². The molecule has 6 heteroatoms. The van der Waals surface area contributed by atoms with E-state index in [1.165, 1.54) is 0 Å². The molecule has 0 aromatic carbocycles. The predicted octanol–water partition coefficient (Wildman–Crippen LogP) is 2.38. The van der Waals surface area contributed by atoms with Crippen LogP contribution in [-0.4, -0.2) is 28.3 Å². The first-order chi connectivity index (χ1) is 11.6. The number of hydrogen-bond acceptors (Lipinski definition) is 4. The average Bonchev–Trinajstić information content (AvgIpc) is 2.86. The monoisotopic (exact) mass is 329 g/mol. The summed E-state index contributed by atoms with van der Waals surface area (Å²) in [4.78, 5) is 12.6. The summed E-state index contributed by atoms with van der Waals surface area (Å²) in [5.74, 6) is 1.26. The van der Waals surface area contributed by atoms with E-state index < -0.39 is 0 Å². The largest absolute Gasteiger partial charge is 0.469 e. The summed E-state index contributed by atoms with van der Waals surface area (Å²) in [5, 5.41) is 7.68. The van der Waals surface area contributed by atoms with Gasteiger partial charge in [-0.1, -0.05) is 0 Å². The number of amides is 1. The highest BCUT2D eigenvalue weighted by Gasteiger charge is 2.47. The van der Waals surface area contributed by atoms with E-state index in [4.69, 9.17) is 9.15 Å². The zero-order chi connectivity index (χ0) is 16.8. The van der Waals surface area contributed by atoms with Gasteiger partial charge in [-0.25, -0.2) is 0 Å². The number of carbonyl (C=O) groups excluding carboxylic acids is 1. The molecule has 1 amide bonds. The summed E-state index contributed by atoms with van der Waals surface area (Å²) in [6.07, 6.45) is 3.26.